The highest BCUT2D eigenvalue weighted by Crippen LogP contribution is 2.17. The van der Waals surface area contributed by atoms with Gasteiger partial charge in [0.2, 0.25) is 5.91 Å². The summed E-state index contributed by atoms with van der Waals surface area (Å²) in [7, 11) is -3.75. The molecule has 0 heterocycles. The van der Waals surface area contributed by atoms with Crippen LogP contribution in [0.15, 0.2) is 131 Å². The Hall–Kier alpha value is -5.29. The van der Waals surface area contributed by atoms with Gasteiger partial charge >= 0.3 is 12.1 Å². The maximum atomic E-state index is 14.6. The Balaban J connectivity index is 1.61. The van der Waals surface area contributed by atoms with Crippen molar-refractivity contribution in [1.29, 1.82) is 0 Å². The summed E-state index contributed by atoms with van der Waals surface area (Å²) in [6.45, 7) is 5.07. The molecule has 0 aromatic heterocycles. The first-order chi connectivity index (χ1) is 23.4. The predicted molar refractivity (Wildman–Crippen MR) is 187 cm³/mol. The van der Waals surface area contributed by atoms with Gasteiger partial charge in [0, 0.05) is 17.7 Å². The van der Waals surface area contributed by atoms with Gasteiger partial charge in [0.05, 0.1) is 9.73 Å². The van der Waals surface area contributed by atoms with Crippen molar-refractivity contribution in [3.63, 3.8) is 0 Å². The van der Waals surface area contributed by atoms with Crippen LogP contribution in [0.1, 0.15) is 37.5 Å². The van der Waals surface area contributed by atoms with Crippen molar-refractivity contribution in [2.45, 2.75) is 62.8 Å². The summed E-state index contributed by atoms with van der Waals surface area (Å²) in [5.41, 5.74) is 1.42. The van der Waals surface area contributed by atoms with Crippen LogP contribution in [0, 0.1) is 0 Å². The van der Waals surface area contributed by atoms with E-state index in [0.29, 0.717) is 5.56 Å². The molecule has 256 valence electrons. The molecular weight excluding hydrogens is 642 g/mol. The van der Waals surface area contributed by atoms with E-state index in [2.05, 4.69) is 15.0 Å². The van der Waals surface area contributed by atoms with Crippen LogP contribution in [0.2, 0.25) is 0 Å². The zero-order chi connectivity index (χ0) is 35.3. The zero-order valence-electron chi connectivity index (χ0n) is 27.7. The van der Waals surface area contributed by atoms with Crippen molar-refractivity contribution in [2.24, 2.45) is 4.36 Å². The first-order valence-corrected chi connectivity index (χ1v) is 17.5. The second-order valence-corrected chi connectivity index (χ2v) is 14.5. The number of benzene rings is 4. The molecule has 3 amide bonds. The van der Waals surface area contributed by atoms with E-state index in [1.165, 1.54) is 12.1 Å². The van der Waals surface area contributed by atoms with Crippen LogP contribution in [0.4, 0.5) is 4.79 Å². The smallest absolute Gasteiger partial charge is 0.408 e. The fraction of sp³-hybridized carbons (Fsp3) is 0.263. The van der Waals surface area contributed by atoms with Gasteiger partial charge in [-0.2, -0.15) is 4.36 Å². The first kappa shape index (κ1) is 36.5. The fourth-order valence-electron chi connectivity index (χ4n) is 4.80. The Kier molecular flexibility index (Phi) is 12.8. The van der Waals surface area contributed by atoms with E-state index < -0.39 is 57.0 Å². The summed E-state index contributed by atoms with van der Waals surface area (Å²) in [6, 6.07) is 32.8. The van der Waals surface area contributed by atoms with E-state index in [1.807, 2.05) is 66.7 Å². The SMILES string of the molecule is CC(C)(C)OC(=O)N[C@@H](Cc1ccccc1)C(=O)N=S(=O)(CC(=O)N[C@@H](Cc1ccccc1)C(=O)OCc1ccccc1)c1ccccc1. The molecule has 0 saturated carbocycles. The first-order valence-electron chi connectivity index (χ1n) is 15.8. The van der Waals surface area contributed by atoms with E-state index in [9.17, 15) is 23.4 Å². The van der Waals surface area contributed by atoms with Crippen LogP contribution in [0.25, 0.3) is 0 Å². The van der Waals surface area contributed by atoms with Crippen LogP contribution >= 0.6 is 0 Å². The van der Waals surface area contributed by atoms with E-state index in [-0.39, 0.29) is 24.3 Å². The van der Waals surface area contributed by atoms with Gasteiger partial charge in [-0.25, -0.2) is 13.8 Å². The number of nitrogens with one attached hydrogen (secondary N) is 2. The molecule has 0 radical (unpaired) electrons. The quantitative estimate of drug-likeness (QED) is 0.174. The van der Waals surface area contributed by atoms with Crippen molar-refractivity contribution in [3.05, 3.63) is 138 Å². The number of rotatable bonds is 13. The summed E-state index contributed by atoms with van der Waals surface area (Å²) in [5.74, 6) is -3.09. The Morgan fingerprint density at radius 1 is 0.673 bits per heavy atom. The number of amides is 3. The number of hydrogen-bond acceptors (Lipinski definition) is 7. The molecule has 10 nitrogen and oxygen atoms in total. The molecule has 3 atom stereocenters. The van der Waals surface area contributed by atoms with Gasteiger partial charge in [-0.15, -0.1) is 0 Å². The van der Waals surface area contributed by atoms with Crippen LogP contribution in [-0.2, 0) is 53.0 Å². The average molecular weight is 684 g/mol. The van der Waals surface area contributed by atoms with Crippen molar-refractivity contribution < 1.29 is 32.9 Å². The highest BCUT2D eigenvalue weighted by molar-refractivity contribution is 7.94. The molecule has 4 aromatic rings. The summed E-state index contributed by atoms with van der Waals surface area (Å²) in [6.07, 6.45) is -0.703. The summed E-state index contributed by atoms with van der Waals surface area (Å²) in [5, 5.41) is 5.23. The van der Waals surface area contributed by atoms with Crippen LogP contribution in [-0.4, -0.2) is 51.5 Å². The van der Waals surface area contributed by atoms with Crippen molar-refractivity contribution >= 4 is 33.6 Å². The Morgan fingerprint density at radius 2 is 1.14 bits per heavy atom. The molecule has 0 aliphatic heterocycles. The fourth-order valence-corrected chi connectivity index (χ4v) is 6.57. The van der Waals surface area contributed by atoms with Gasteiger partial charge in [0.1, 0.15) is 30.0 Å². The number of esters is 1. The lowest BCUT2D eigenvalue weighted by molar-refractivity contribution is -0.149. The van der Waals surface area contributed by atoms with E-state index in [0.717, 1.165) is 11.1 Å². The lowest BCUT2D eigenvalue weighted by Gasteiger charge is -2.23. The molecule has 4 aromatic carbocycles. The molecule has 0 aliphatic carbocycles. The van der Waals surface area contributed by atoms with Gasteiger partial charge in [-0.05, 0) is 49.6 Å². The Labute approximate surface area is 287 Å². The number of carbonyl (C=O) groups is 4. The van der Waals surface area contributed by atoms with E-state index >= 15 is 0 Å². The second kappa shape index (κ2) is 17.2. The number of carbonyl (C=O) groups excluding carboxylic acids is 4. The molecule has 49 heavy (non-hydrogen) atoms. The molecule has 0 fully saturated rings. The lowest BCUT2D eigenvalue weighted by atomic mass is 10.1. The molecule has 2 N–H and O–H groups in total. The van der Waals surface area contributed by atoms with Gasteiger partial charge in [0.15, 0.2) is 0 Å². The van der Waals surface area contributed by atoms with E-state index in [1.54, 1.807) is 63.2 Å². The number of ether oxygens (including phenoxy) is 2. The molecule has 1 unspecified atom stereocenters. The molecule has 0 saturated heterocycles. The summed E-state index contributed by atoms with van der Waals surface area (Å²) >= 11 is 0. The molecule has 0 aliphatic rings. The van der Waals surface area contributed by atoms with Crippen LogP contribution in [0.5, 0.6) is 0 Å². The van der Waals surface area contributed by atoms with Gasteiger partial charge < -0.3 is 20.1 Å². The normalized spacial score (nSPS) is 13.5. The average Bonchev–Trinajstić information content (AvgIpc) is 3.07. The van der Waals surface area contributed by atoms with Crippen molar-refractivity contribution in [1.82, 2.24) is 10.6 Å². The van der Waals surface area contributed by atoms with Crippen molar-refractivity contribution in [3.8, 4) is 0 Å². The van der Waals surface area contributed by atoms with Crippen LogP contribution < -0.4 is 10.6 Å². The monoisotopic (exact) mass is 683 g/mol. The van der Waals surface area contributed by atoms with E-state index in [4.69, 9.17) is 9.47 Å². The third kappa shape index (κ3) is 12.0. The zero-order valence-corrected chi connectivity index (χ0v) is 28.6. The molecule has 11 heteroatoms. The summed E-state index contributed by atoms with van der Waals surface area (Å²) in [4.78, 5) is 53.6. The molecule has 0 spiro atoms. The highest BCUT2D eigenvalue weighted by Gasteiger charge is 2.30. The second-order valence-electron chi connectivity index (χ2n) is 12.3. The minimum atomic E-state index is -3.75. The van der Waals surface area contributed by atoms with Gasteiger partial charge in [-0.1, -0.05) is 109 Å². The third-order valence-electron chi connectivity index (χ3n) is 7.07. The predicted octanol–water partition coefficient (Wildman–Crippen LogP) is 5.65. The third-order valence-corrected chi connectivity index (χ3v) is 9.21. The molecule has 0 bridgehead atoms. The molecular formula is C38H41N3O7S. The lowest BCUT2D eigenvalue weighted by Crippen LogP contribution is -2.46. The van der Waals surface area contributed by atoms with Gasteiger partial charge in [-0.3, -0.25) is 9.59 Å². The molecule has 4 rings (SSSR count). The Bertz CT molecular complexity index is 1820. The highest BCUT2D eigenvalue weighted by atomic mass is 32.2. The maximum Gasteiger partial charge on any atom is 0.408 e. The Morgan fingerprint density at radius 3 is 1.65 bits per heavy atom. The van der Waals surface area contributed by atoms with Crippen molar-refractivity contribution in [2.75, 3.05) is 5.75 Å². The number of hydrogen-bond donors (Lipinski definition) is 2. The standard InChI is InChI=1S/C38H41N3O7S/c1-38(2,3)48-37(45)40-32(24-28-16-8-4-9-17-28)35(43)41-49(46,31-22-14-7-15-23-31)27-34(42)39-33(25-29-18-10-5-11-19-29)36(44)47-26-30-20-12-6-13-21-30/h4-23,32-33H,24-27H2,1-3H3,(H,39,42)(H,40,45)/t32-,33-,49?/m0/s1. The van der Waals surface area contributed by atoms with Gasteiger partial charge in [0.25, 0.3) is 5.91 Å². The topological polar surface area (TPSA) is 140 Å². The number of alkyl carbamates (subject to hydrolysis) is 1. The minimum absolute atomic E-state index is 0.00111. The van der Waals surface area contributed by atoms with Crippen LogP contribution in [0.3, 0.4) is 0 Å². The summed E-state index contributed by atoms with van der Waals surface area (Å²) < 4.78 is 29.6. The largest absolute Gasteiger partial charge is 0.459 e. The minimum Gasteiger partial charge on any atom is -0.459 e. The number of nitrogens with zero attached hydrogens (tertiary/aromatic N) is 1. The maximum absolute atomic E-state index is 14.6.